The van der Waals surface area contributed by atoms with Crippen molar-refractivity contribution in [2.45, 2.75) is 38.0 Å². The number of aliphatic imine (C=N–C) groups is 1. The molecule has 2 heterocycles. The third-order valence-corrected chi connectivity index (χ3v) is 6.78. The van der Waals surface area contributed by atoms with E-state index < -0.39 is 15.8 Å². The molecule has 3 aromatic rings. The fourth-order valence-electron chi connectivity index (χ4n) is 3.36. The summed E-state index contributed by atoms with van der Waals surface area (Å²) in [7, 11) is -4.14. The van der Waals surface area contributed by atoms with Crippen LogP contribution < -0.4 is 4.72 Å². The molecular formula is C24H24Cl2N4O3S. The number of halogens is 2. The molecule has 10 heteroatoms. The van der Waals surface area contributed by atoms with E-state index in [9.17, 15) is 13.2 Å². The third-order valence-electron chi connectivity index (χ3n) is 4.98. The van der Waals surface area contributed by atoms with Crippen molar-refractivity contribution >= 4 is 56.8 Å². The number of sulfonamides is 1. The van der Waals surface area contributed by atoms with Crippen molar-refractivity contribution in [2.24, 2.45) is 4.99 Å². The lowest BCUT2D eigenvalue weighted by molar-refractivity contribution is 0.103. The van der Waals surface area contributed by atoms with Crippen molar-refractivity contribution in [1.29, 1.82) is 0 Å². The number of rotatable bonds is 7. The number of allylic oxidation sites excluding steroid dienone is 3. The van der Waals surface area contributed by atoms with E-state index in [1.807, 2.05) is 20.8 Å². The molecule has 0 aliphatic rings. The van der Waals surface area contributed by atoms with Crippen molar-refractivity contribution in [2.75, 3.05) is 0 Å². The predicted octanol–water partition coefficient (Wildman–Crippen LogP) is 5.73. The topological polar surface area (TPSA) is 104 Å². The highest BCUT2D eigenvalue weighted by molar-refractivity contribution is 7.89. The molecule has 2 aromatic heterocycles. The molecule has 0 radical (unpaired) electrons. The SMILES string of the molecule is C=N/C(C(=O)c1ccnc2[nH]ccc12)=C(\C=C(/C)Cl)NS(=O)(=O)c1ccc(Cl)c(C(C)(C)C)c1. The Hall–Kier alpha value is -2.94. The number of ketones is 1. The highest BCUT2D eigenvalue weighted by Crippen LogP contribution is 2.32. The van der Waals surface area contributed by atoms with Gasteiger partial charge in [0, 0.05) is 33.4 Å². The first-order valence-electron chi connectivity index (χ1n) is 10.2. The van der Waals surface area contributed by atoms with Crippen LogP contribution in [0.4, 0.5) is 0 Å². The number of carbonyl (C=O) groups excluding carboxylic acids is 1. The fourth-order valence-corrected chi connectivity index (χ4v) is 4.95. The standard InChI is InChI=1S/C24H24Cl2N4O3S/c1-14(25)12-20(21(27-5)22(31)16-8-10-28-23-17(16)9-11-29-23)30-34(32,33)15-6-7-19(26)18(13-15)24(2,3)4/h6-13,30H,5H2,1-4H3,(H,28,29)/b14-12+,21-20+. The first-order valence-corrected chi connectivity index (χ1v) is 12.4. The Morgan fingerprint density at radius 3 is 2.56 bits per heavy atom. The van der Waals surface area contributed by atoms with Crippen LogP contribution in [0.5, 0.6) is 0 Å². The lowest BCUT2D eigenvalue weighted by atomic mass is 9.87. The summed E-state index contributed by atoms with van der Waals surface area (Å²) in [6, 6.07) is 7.66. The highest BCUT2D eigenvalue weighted by atomic mass is 35.5. The fraction of sp³-hybridized carbons (Fsp3) is 0.208. The molecule has 3 rings (SSSR count). The Morgan fingerprint density at radius 1 is 1.24 bits per heavy atom. The minimum Gasteiger partial charge on any atom is -0.346 e. The van der Waals surface area contributed by atoms with Crippen molar-refractivity contribution in [1.82, 2.24) is 14.7 Å². The number of carbonyl (C=O) groups is 1. The maximum Gasteiger partial charge on any atom is 0.261 e. The van der Waals surface area contributed by atoms with Gasteiger partial charge in [-0.05, 0) is 61.0 Å². The second-order valence-electron chi connectivity index (χ2n) is 8.58. The van der Waals surface area contributed by atoms with Crippen LogP contribution >= 0.6 is 23.2 Å². The first-order chi connectivity index (χ1) is 15.8. The normalized spacial score (nSPS) is 13.5. The van der Waals surface area contributed by atoms with E-state index in [2.05, 4.69) is 26.4 Å². The number of Topliss-reactive ketones (excluding diaryl/α,β-unsaturated/α-hetero) is 1. The summed E-state index contributed by atoms with van der Waals surface area (Å²) in [5.41, 5.74) is 0.754. The molecule has 0 aliphatic heterocycles. The number of fused-ring (bicyclic) bond motifs is 1. The van der Waals surface area contributed by atoms with Crippen LogP contribution in [0.3, 0.4) is 0 Å². The van der Waals surface area contributed by atoms with Crippen molar-refractivity contribution in [3.8, 4) is 0 Å². The van der Waals surface area contributed by atoms with E-state index in [0.29, 0.717) is 21.6 Å². The quantitative estimate of drug-likeness (QED) is 0.180. The average Bonchev–Trinajstić information content (AvgIpc) is 3.21. The number of benzene rings is 1. The monoisotopic (exact) mass is 518 g/mol. The smallest absolute Gasteiger partial charge is 0.261 e. The van der Waals surface area contributed by atoms with Gasteiger partial charge in [-0.15, -0.1) is 0 Å². The second-order valence-corrected chi connectivity index (χ2v) is 11.3. The van der Waals surface area contributed by atoms with Gasteiger partial charge < -0.3 is 4.98 Å². The Kier molecular flexibility index (Phi) is 7.35. The lowest BCUT2D eigenvalue weighted by Crippen LogP contribution is -2.26. The largest absolute Gasteiger partial charge is 0.346 e. The van der Waals surface area contributed by atoms with Crippen LogP contribution in [-0.4, -0.2) is 30.9 Å². The van der Waals surface area contributed by atoms with Gasteiger partial charge in [-0.1, -0.05) is 44.0 Å². The van der Waals surface area contributed by atoms with Crippen LogP contribution in [0.15, 0.2) is 75.1 Å². The van der Waals surface area contributed by atoms with Gasteiger partial charge in [-0.2, -0.15) is 0 Å². The summed E-state index contributed by atoms with van der Waals surface area (Å²) in [5, 5.41) is 1.25. The second kappa shape index (κ2) is 9.74. The molecule has 0 fully saturated rings. The predicted molar refractivity (Wildman–Crippen MR) is 137 cm³/mol. The maximum atomic E-state index is 13.4. The van der Waals surface area contributed by atoms with Gasteiger partial charge in [0.2, 0.25) is 5.78 Å². The molecule has 0 unspecified atom stereocenters. The molecule has 0 aliphatic carbocycles. The minimum absolute atomic E-state index is 0.0206. The van der Waals surface area contributed by atoms with Crippen LogP contribution in [0.25, 0.3) is 11.0 Å². The van der Waals surface area contributed by atoms with E-state index in [4.69, 9.17) is 23.2 Å². The van der Waals surface area contributed by atoms with Gasteiger partial charge in [-0.25, -0.2) is 13.4 Å². The number of aromatic amines is 1. The number of hydrogen-bond donors (Lipinski definition) is 2. The van der Waals surface area contributed by atoms with Gasteiger partial charge >= 0.3 is 0 Å². The van der Waals surface area contributed by atoms with E-state index in [1.165, 1.54) is 36.5 Å². The number of aromatic nitrogens is 2. The van der Waals surface area contributed by atoms with E-state index in [-0.39, 0.29) is 32.3 Å². The zero-order valence-corrected chi connectivity index (χ0v) is 21.4. The van der Waals surface area contributed by atoms with Crippen molar-refractivity contribution < 1.29 is 13.2 Å². The first kappa shape index (κ1) is 25.7. The molecule has 0 bridgehead atoms. The number of H-pyrrole nitrogens is 1. The Bertz CT molecular complexity index is 1440. The zero-order chi connectivity index (χ0) is 25.3. The summed E-state index contributed by atoms with van der Waals surface area (Å²) >= 11 is 12.4. The summed E-state index contributed by atoms with van der Waals surface area (Å²) in [5.74, 6) is -0.541. The minimum atomic E-state index is -4.14. The van der Waals surface area contributed by atoms with Gasteiger partial charge in [0.15, 0.2) is 0 Å². The van der Waals surface area contributed by atoms with Crippen LogP contribution in [-0.2, 0) is 15.4 Å². The number of pyridine rings is 1. The van der Waals surface area contributed by atoms with Gasteiger partial charge in [0.25, 0.3) is 10.0 Å². The molecule has 0 saturated heterocycles. The number of nitrogens with one attached hydrogen (secondary N) is 2. The number of nitrogens with zero attached hydrogens (tertiary/aromatic N) is 2. The van der Waals surface area contributed by atoms with E-state index in [1.54, 1.807) is 19.2 Å². The molecule has 34 heavy (non-hydrogen) atoms. The molecule has 7 nitrogen and oxygen atoms in total. The molecule has 178 valence electrons. The van der Waals surface area contributed by atoms with E-state index >= 15 is 0 Å². The molecule has 0 spiro atoms. The molecule has 2 N–H and O–H groups in total. The summed E-state index contributed by atoms with van der Waals surface area (Å²) < 4.78 is 29.1. The zero-order valence-electron chi connectivity index (χ0n) is 19.1. The molecule has 1 aromatic carbocycles. The summed E-state index contributed by atoms with van der Waals surface area (Å²) in [6.07, 6.45) is 4.44. The highest BCUT2D eigenvalue weighted by Gasteiger charge is 2.25. The molecular weight excluding hydrogens is 495 g/mol. The Morgan fingerprint density at radius 2 is 1.94 bits per heavy atom. The number of hydrogen-bond acceptors (Lipinski definition) is 5. The Balaban J connectivity index is 2.14. The van der Waals surface area contributed by atoms with Crippen molar-refractivity contribution in [3.05, 3.63) is 81.4 Å². The van der Waals surface area contributed by atoms with Gasteiger partial charge in [0.1, 0.15) is 11.3 Å². The molecule has 0 saturated carbocycles. The van der Waals surface area contributed by atoms with Crippen molar-refractivity contribution in [3.63, 3.8) is 0 Å². The maximum absolute atomic E-state index is 13.4. The lowest BCUT2D eigenvalue weighted by Gasteiger charge is -2.21. The Labute approximate surface area is 208 Å². The summed E-state index contributed by atoms with van der Waals surface area (Å²) in [6.45, 7) is 10.8. The van der Waals surface area contributed by atoms with Crippen LogP contribution in [0, 0.1) is 0 Å². The van der Waals surface area contributed by atoms with Crippen LogP contribution in [0.2, 0.25) is 5.02 Å². The third kappa shape index (κ3) is 5.41. The van der Waals surface area contributed by atoms with Crippen LogP contribution in [0.1, 0.15) is 43.6 Å². The molecule has 0 amide bonds. The average molecular weight is 519 g/mol. The molecule has 0 atom stereocenters. The van der Waals surface area contributed by atoms with Gasteiger partial charge in [0.05, 0.1) is 10.6 Å². The van der Waals surface area contributed by atoms with E-state index in [0.717, 1.165) is 0 Å². The van der Waals surface area contributed by atoms with Gasteiger partial charge in [-0.3, -0.25) is 14.5 Å². The summed E-state index contributed by atoms with van der Waals surface area (Å²) in [4.78, 5) is 24.3.